The maximum Gasteiger partial charge on any atom is 0.356 e. The molecular weight excluding hydrogens is 230 g/mol. The summed E-state index contributed by atoms with van der Waals surface area (Å²) in [6.07, 6.45) is 3.29. The van der Waals surface area contributed by atoms with Crippen LogP contribution in [0.5, 0.6) is 0 Å². The number of hydrogen-bond acceptors (Lipinski definition) is 3. The Morgan fingerprint density at radius 2 is 2.06 bits per heavy atom. The standard InChI is InChI=1S/C13H9N3O2/c17-13(18)12-11(16-7-3-6-14-16)8-9-4-1-2-5-10(9)15-12/h1-8H,(H,17,18). The third-order valence-electron chi connectivity index (χ3n) is 2.66. The summed E-state index contributed by atoms with van der Waals surface area (Å²) in [6.45, 7) is 0. The van der Waals surface area contributed by atoms with Crippen molar-refractivity contribution in [1.29, 1.82) is 0 Å². The molecule has 5 nitrogen and oxygen atoms in total. The molecule has 0 spiro atoms. The van der Waals surface area contributed by atoms with E-state index in [1.54, 1.807) is 30.6 Å². The monoisotopic (exact) mass is 239 g/mol. The number of hydrogen-bond donors (Lipinski definition) is 1. The Balaban J connectivity index is 2.34. The molecule has 0 fully saturated rings. The van der Waals surface area contributed by atoms with Gasteiger partial charge in [0.05, 0.1) is 11.2 Å². The van der Waals surface area contributed by atoms with Crippen molar-refractivity contribution in [2.45, 2.75) is 0 Å². The highest BCUT2D eigenvalue weighted by Crippen LogP contribution is 2.19. The summed E-state index contributed by atoms with van der Waals surface area (Å²) >= 11 is 0. The molecule has 1 N–H and O–H groups in total. The van der Waals surface area contributed by atoms with Gasteiger partial charge in [0.1, 0.15) is 0 Å². The van der Waals surface area contributed by atoms with Crippen LogP contribution in [0.25, 0.3) is 16.6 Å². The second-order valence-corrected chi connectivity index (χ2v) is 3.80. The Morgan fingerprint density at radius 1 is 1.22 bits per heavy atom. The van der Waals surface area contributed by atoms with E-state index in [1.807, 2.05) is 18.2 Å². The molecule has 0 aliphatic rings. The van der Waals surface area contributed by atoms with Crippen molar-refractivity contribution in [3.05, 3.63) is 54.5 Å². The predicted octanol–water partition coefficient (Wildman–Crippen LogP) is 2.12. The molecular formula is C13H9N3O2. The van der Waals surface area contributed by atoms with Gasteiger partial charge in [0.2, 0.25) is 0 Å². The predicted molar refractivity (Wildman–Crippen MR) is 65.8 cm³/mol. The highest BCUT2D eigenvalue weighted by molar-refractivity contribution is 5.94. The van der Waals surface area contributed by atoms with E-state index < -0.39 is 5.97 Å². The lowest BCUT2D eigenvalue weighted by molar-refractivity contribution is 0.0691. The van der Waals surface area contributed by atoms with Gasteiger partial charge in [-0.05, 0) is 18.2 Å². The molecule has 2 heterocycles. The lowest BCUT2D eigenvalue weighted by atomic mass is 10.1. The fourth-order valence-electron chi connectivity index (χ4n) is 1.85. The number of benzene rings is 1. The van der Waals surface area contributed by atoms with Crippen molar-refractivity contribution in [3.63, 3.8) is 0 Å². The zero-order valence-electron chi connectivity index (χ0n) is 9.32. The number of carboxylic acid groups (broad SMARTS) is 1. The summed E-state index contributed by atoms with van der Waals surface area (Å²) in [6, 6.07) is 10.9. The molecule has 0 aliphatic carbocycles. The van der Waals surface area contributed by atoms with Crippen LogP contribution in [0.3, 0.4) is 0 Å². The van der Waals surface area contributed by atoms with E-state index in [1.165, 1.54) is 4.68 Å². The summed E-state index contributed by atoms with van der Waals surface area (Å²) in [5.74, 6) is -1.06. The number of aromatic nitrogens is 3. The van der Waals surface area contributed by atoms with Crippen LogP contribution >= 0.6 is 0 Å². The third-order valence-corrected chi connectivity index (χ3v) is 2.66. The number of pyridine rings is 1. The zero-order valence-corrected chi connectivity index (χ0v) is 9.32. The van der Waals surface area contributed by atoms with Crippen LogP contribution in [0.4, 0.5) is 0 Å². The third kappa shape index (κ3) is 1.62. The van der Waals surface area contributed by atoms with Gasteiger partial charge in [0.25, 0.3) is 0 Å². The SMILES string of the molecule is O=C(O)c1nc2ccccc2cc1-n1cccn1. The molecule has 0 saturated heterocycles. The number of rotatable bonds is 2. The van der Waals surface area contributed by atoms with Gasteiger partial charge in [-0.3, -0.25) is 0 Å². The minimum absolute atomic E-state index is 0.00241. The maximum atomic E-state index is 11.3. The molecule has 1 aromatic carbocycles. The number of carbonyl (C=O) groups is 1. The van der Waals surface area contributed by atoms with Crippen LogP contribution in [0.2, 0.25) is 0 Å². The fourth-order valence-corrected chi connectivity index (χ4v) is 1.85. The summed E-state index contributed by atoms with van der Waals surface area (Å²) in [5, 5.41) is 14.2. The van der Waals surface area contributed by atoms with Gasteiger partial charge in [0, 0.05) is 17.8 Å². The first-order valence-corrected chi connectivity index (χ1v) is 5.39. The average molecular weight is 239 g/mol. The van der Waals surface area contributed by atoms with Gasteiger partial charge in [-0.15, -0.1) is 0 Å². The van der Waals surface area contributed by atoms with E-state index in [0.29, 0.717) is 11.2 Å². The zero-order chi connectivity index (χ0) is 12.5. The first kappa shape index (κ1) is 10.5. The van der Waals surface area contributed by atoms with Crippen molar-refractivity contribution in [1.82, 2.24) is 14.8 Å². The van der Waals surface area contributed by atoms with Crippen LogP contribution < -0.4 is 0 Å². The Hall–Kier alpha value is -2.69. The van der Waals surface area contributed by atoms with E-state index in [9.17, 15) is 9.90 Å². The summed E-state index contributed by atoms with van der Waals surface area (Å²) in [7, 11) is 0. The molecule has 0 aliphatic heterocycles. The second-order valence-electron chi connectivity index (χ2n) is 3.80. The van der Waals surface area contributed by atoms with Crippen molar-refractivity contribution in [2.75, 3.05) is 0 Å². The first-order valence-electron chi connectivity index (χ1n) is 5.39. The van der Waals surface area contributed by atoms with Gasteiger partial charge >= 0.3 is 5.97 Å². The molecule has 0 radical (unpaired) electrons. The topological polar surface area (TPSA) is 68.0 Å². The second kappa shape index (κ2) is 3.96. The van der Waals surface area contributed by atoms with Crippen molar-refractivity contribution in [3.8, 4) is 5.69 Å². The molecule has 0 amide bonds. The highest BCUT2D eigenvalue weighted by atomic mass is 16.4. The Bertz CT molecular complexity index is 720. The van der Waals surface area contributed by atoms with Crippen LogP contribution in [-0.2, 0) is 0 Å². The molecule has 2 aromatic heterocycles. The van der Waals surface area contributed by atoms with Gasteiger partial charge < -0.3 is 5.11 Å². The fraction of sp³-hybridized carbons (Fsp3) is 0. The maximum absolute atomic E-state index is 11.3. The number of nitrogens with zero attached hydrogens (tertiary/aromatic N) is 3. The van der Waals surface area contributed by atoms with Crippen molar-refractivity contribution in [2.24, 2.45) is 0 Å². The Morgan fingerprint density at radius 3 is 2.78 bits per heavy atom. The minimum Gasteiger partial charge on any atom is -0.476 e. The first-order chi connectivity index (χ1) is 8.75. The van der Waals surface area contributed by atoms with E-state index in [0.717, 1.165) is 5.39 Å². The molecule has 3 aromatic rings. The van der Waals surface area contributed by atoms with E-state index in [-0.39, 0.29) is 5.69 Å². The molecule has 5 heteroatoms. The Labute approximate surface area is 102 Å². The largest absolute Gasteiger partial charge is 0.476 e. The van der Waals surface area contributed by atoms with Gasteiger partial charge in [0.15, 0.2) is 5.69 Å². The van der Waals surface area contributed by atoms with E-state index >= 15 is 0 Å². The molecule has 0 unspecified atom stereocenters. The van der Waals surface area contributed by atoms with Crippen LogP contribution in [0.15, 0.2) is 48.8 Å². The number of aromatic carboxylic acids is 1. The molecule has 0 atom stereocenters. The summed E-state index contributed by atoms with van der Waals surface area (Å²) in [4.78, 5) is 15.4. The Kier molecular flexibility index (Phi) is 2.30. The number of para-hydroxylation sites is 1. The lowest BCUT2D eigenvalue weighted by Gasteiger charge is -2.07. The van der Waals surface area contributed by atoms with Gasteiger partial charge in [-0.2, -0.15) is 5.10 Å². The molecule has 88 valence electrons. The van der Waals surface area contributed by atoms with Crippen LogP contribution in [-0.4, -0.2) is 25.8 Å². The van der Waals surface area contributed by atoms with Gasteiger partial charge in [-0.1, -0.05) is 18.2 Å². The average Bonchev–Trinajstić information content (AvgIpc) is 2.91. The number of carboxylic acids is 1. The molecule has 0 saturated carbocycles. The molecule has 0 bridgehead atoms. The van der Waals surface area contributed by atoms with Crippen molar-refractivity contribution < 1.29 is 9.90 Å². The summed E-state index contributed by atoms with van der Waals surface area (Å²) in [5.41, 5.74) is 1.12. The number of fused-ring (bicyclic) bond motifs is 1. The van der Waals surface area contributed by atoms with Gasteiger partial charge in [-0.25, -0.2) is 14.5 Å². The smallest absolute Gasteiger partial charge is 0.356 e. The van der Waals surface area contributed by atoms with E-state index in [4.69, 9.17) is 0 Å². The van der Waals surface area contributed by atoms with E-state index in [2.05, 4.69) is 10.1 Å². The normalized spacial score (nSPS) is 10.7. The summed E-state index contributed by atoms with van der Waals surface area (Å²) < 4.78 is 1.50. The molecule has 3 rings (SSSR count). The van der Waals surface area contributed by atoms with Crippen molar-refractivity contribution >= 4 is 16.9 Å². The van der Waals surface area contributed by atoms with Crippen LogP contribution in [0, 0.1) is 0 Å². The van der Waals surface area contributed by atoms with Crippen LogP contribution in [0.1, 0.15) is 10.5 Å². The minimum atomic E-state index is -1.06. The molecule has 18 heavy (non-hydrogen) atoms. The highest BCUT2D eigenvalue weighted by Gasteiger charge is 2.15. The lowest BCUT2D eigenvalue weighted by Crippen LogP contribution is -2.08. The quantitative estimate of drug-likeness (QED) is 0.743.